The number of benzene rings is 2. The van der Waals surface area contributed by atoms with Crippen molar-refractivity contribution in [3.63, 3.8) is 0 Å². The first-order chi connectivity index (χ1) is 10.6. The van der Waals surface area contributed by atoms with Gasteiger partial charge in [0.05, 0.1) is 12.2 Å². The van der Waals surface area contributed by atoms with Gasteiger partial charge in [0.15, 0.2) is 0 Å². The highest BCUT2D eigenvalue weighted by molar-refractivity contribution is 6.67. The van der Waals surface area contributed by atoms with E-state index >= 15 is 0 Å². The fourth-order valence-electron chi connectivity index (χ4n) is 2.45. The Morgan fingerprint density at radius 3 is 2.73 bits per heavy atom. The third-order valence-corrected chi connectivity index (χ3v) is 3.78. The van der Waals surface area contributed by atoms with Crippen LogP contribution in [0.25, 0.3) is 0 Å². The van der Waals surface area contributed by atoms with E-state index in [0.29, 0.717) is 17.9 Å². The van der Waals surface area contributed by atoms with Gasteiger partial charge in [-0.3, -0.25) is 4.79 Å². The number of halogens is 1. The second kappa shape index (κ2) is 6.28. The molecule has 0 aromatic heterocycles. The quantitative estimate of drug-likeness (QED) is 0.811. The van der Waals surface area contributed by atoms with Crippen LogP contribution in [0.4, 0.5) is 5.69 Å². The Kier molecular flexibility index (Phi) is 4.20. The summed E-state index contributed by atoms with van der Waals surface area (Å²) in [5.74, 6) is 1.56. The average Bonchev–Trinajstić information content (AvgIpc) is 2.53. The second-order valence-corrected chi connectivity index (χ2v) is 5.54. The fraction of sp³-hybridized carbons (Fsp3) is 0.235. The SMILES string of the molecule is CN1CC(COc2ccc(C(=O)Cl)cc2)Oc2ccccc21. The first-order valence-electron chi connectivity index (χ1n) is 7.03. The van der Waals surface area contributed by atoms with Crippen molar-refractivity contribution in [1.29, 1.82) is 0 Å². The van der Waals surface area contributed by atoms with Gasteiger partial charge in [0.25, 0.3) is 5.24 Å². The summed E-state index contributed by atoms with van der Waals surface area (Å²) >= 11 is 5.41. The summed E-state index contributed by atoms with van der Waals surface area (Å²) in [5, 5.41) is -0.472. The van der Waals surface area contributed by atoms with Gasteiger partial charge in [0.1, 0.15) is 24.2 Å². The molecule has 1 atom stereocenters. The molecule has 2 aromatic carbocycles. The van der Waals surface area contributed by atoms with E-state index in [1.165, 1.54) is 0 Å². The normalized spacial score (nSPS) is 16.6. The Labute approximate surface area is 134 Å². The molecular formula is C17H16ClNO3. The summed E-state index contributed by atoms with van der Waals surface area (Å²) in [7, 11) is 2.04. The number of hydrogen-bond acceptors (Lipinski definition) is 4. The van der Waals surface area contributed by atoms with Gasteiger partial charge in [-0.1, -0.05) is 12.1 Å². The van der Waals surface area contributed by atoms with E-state index in [2.05, 4.69) is 4.90 Å². The van der Waals surface area contributed by atoms with Crippen LogP contribution in [-0.4, -0.2) is 31.5 Å². The van der Waals surface area contributed by atoms with Crippen molar-refractivity contribution in [1.82, 2.24) is 0 Å². The highest BCUT2D eigenvalue weighted by Gasteiger charge is 2.23. The van der Waals surface area contributed by atoms with Gasteiger partial charge >= 0.3 is 0 Å². The van der Waals surface area contributed by atoms with Crippen molar-refractivity contribution in [2.24, 2.45) is 0 Å². The minimum atomic E-state index is -0.472. The number of carbonyl (C=O) groups is 1. The van der Waals surface area contributed by atoms with Crippen LogP contribution in [0, 0.1) is 0 Å². The molecule has 3 rings (SSSR count). The molecule has 0 spiro atoms. The topological polar surface area (TPSA) is 38.8 Å². The van der Waals surface area contributed by atoms with Crippen molar-refractivity contribution in [3.8, 4) is 11.5 Å². The molecule has 0 saturated heterocycles. The van der Waals surface area contributed by atoms with Crippen molar-refractivity contribution in [3.05, 3.63) is 54.1 Å². The molecule has 1 unspecified atom stereocenters. The lowest BCUT2D eigenvalue weighted by Gasteiger charge is -2.33. The summed E-state index contributed by atoms with van der Waals surface area (Å²) in [4.78, 5) is 13.2. The molecule has 1 aliphatic rings. The van der Waals surface area contributed by atoms with Gasteiger partial charge in [-0.25, -0.2) is 0 Å². The number of anilines is 1. The minimum absolute atomic E-state index is 0.0470. The maximum Gasteiger partial charge on any atom is 0.252 e. The summed E-state index contributed by atoms with van der Waals surface area (Å²) in [6.07, 6.45) is -0.0470. The lowest BCUT2D eigenvalue weighted by Crippen LogP contribution is -2.41. The smallest absolute Gasteiger partial charge is 0.252 e. The van der Waals surface area contributed by atoms with Gasteiger partial charge in [-0.2, -0.15) is 0 Å². The predicted octanol–water partition coefficient (Wildman–Crippen LogP) is 3.34. The van der Waals surface area contributed by atoms with Gasteiger partial charge in [0.2, 0.25) is 0 Å². The van der Waals surface area contributed by atoms with Crippen LogP contribution in [0.5, 0.6) is 11.5 Å². The van der Waals surface area contributed by atoms with E-state index in [9.17, 15) is 4.79 Å². The van der Waals surface area contributed by atoms with Crippen LogP contribution in [0.1, 0.15) is 10.4 Å². The molecule has 0 N–H and O–H groups in total. The van der Waals surface area contributed by atoms with Crippen LogP contribution >= 0.6 is 11.6 Å². The molecule has 0 radical (unpaired) electrons. The second-order valence-electron chi connectivity index (χ2n) is 5.20. The van der Waals surface area contributed by atoms with Crippen molar-refractivity contribution >= 4 is 22.5 Å². The van der Waals surface area contributed by atoms with Gasteiger partial charge in [0, 0.05) is 12.6 Å². The average molecular weight is 318 g/mol. The highest BCUT2D eigenvalue weighted by atomic mass is 35.5. The molecule has 0 amide bonds. The third kappa shape index (κ3) is 3.17. The largest absolute Gasteiger partial charge is 0.490 e. The molecule has 114 valence electrons. The monoisotopic (exact) mass is 317 g/mol. The van der Waals surface area contributed by atoms with Crippen LogP contribution in [0.2, 0.25) is 0 Å². The number of hydrogen-bond donors (Lipinski definition) is 0. The zero-order valence-corrected chi connectivity index (χ0v) is 12.9. The Bertz CT molecular complexity index is 672. The van der Waals surface area contributed by atoms with Crippen LogP contribution in [0.3, 0.4) is 0 Å². The summed E-state index contributed by atoms with van der Waals surface area (Å²) in [6, 6.07) is 14.7. The number of ether oxygens (including phenoxy) is 2. The minimum Gasteiger partial charge on any atom is -0.490 e. The molecular weight excluding hydrogens is 302 g/mol. The molecule has 0 aliphatic carbocycles. The molecule has 0 saturated carbocycles. The first-order valence-corrected chi connectivity index (χ1v) is 7.41. The lowest BCUT2D eigenvalue weighted by molar-refractivity contribution is 0.108. The lowest BCUT2D eigenvalue weighted by atomic mass is 10.2. The maximum absolute atomic E-state index is 11.0. The molecule has 1 heterocycles. The molecule has 1 aliphatic heterocycles. The van der Waals surface area contributed by atoms with Crippen molar-refractivity contribution < 1.29 is 14.3 Å². The van der Waals surface area contributed by atoms with Gasteiger partial charge in [-0.15, -0.1) is 0 Å². The maximum atomic E-state index is 11.0. The van der Waals surface area contributed by atoms with Crippen LogP contribution < -0.4 is 14.4 Å². The molecule has 0 fully saturated rings. The number of fused-ring (bicyclic) bond motifs is 1. The van der Waals surface area contributed by atoms with Crippen molar-refractivity contribution in [2.45, 2.75) is 6.10 Å². The van der Waals surface area contributed by atoms with Gasteiger partial charge < -0.3 is 14.4 Å². The summed E-state index contributed by atoms with van der Waals surface area (Å²) in [5.41, 5.74) is 1.54. The Hall–Kier alpha value is -2.20. The first kappa shape index (κ1) is 14.7. The zero-order valence-electron chi connectivity index (χ0n) is 12.2. The Balaban J connectivity index is 1.62. The van der Waals surface area contributed by atoms with Crippen LogP contribution in [-0.2, 0) is 0 Å². The van der Waals surface area contributed by atoms with E-state index in [-0.39, 0.29) is 6.10 Å². The number of likely N-dealkylation sites (N-methyl/N-ethyl adjacent to an activating group) is 1. The summed E-state index contributed by atoms with van der Waals surface area (Å²) in [6.45, 7) is 1.20. The number of nitrogens with zero attached hydrogens (tertiary/aromatic N) is 1. The van der Waals surface area contributed by atoms with E-state index < -0.39 is 5.24 Å². The molecule has 2 aromatic rings. The molecule has 5 heteroatoms. The van der Waals surface area contributed by atoms with Gasteiger partial charge in [-0.05, 0) is 48.0 Å². The van der Waals surface area contributed by atoms with Crippen molar-refractivity contribution in [2.75, 3.05) is 25.1 Å². The zero-order chi connectivity index (χ0) is 15.5. The Morgan fingerprint density at radius 2 is 2.00 bits per heavy atom. The number of para-hydroxylation sites is 2. The van der Waals surface area contributed by atoms with E-state index in [0.717, 1.165) is 18.0 Å². The molecule has 4 nitrogen and oxygen atoms in total. The third-order valence-electron chi connectivity index (χ3n) is 3.56. The van der Waals surface area contributed by atoms with E-state index in [1.54, 1.807) is 24.3 Å². The fourth-order valence-corrected chi connectivity index (χ4v) is 2.58. The Morgan fingerprint density at radius 1 is 1.27 bits per heavy atom. The number of carbonyl (C=O) groups excluding carboxylic acids is 1. The number of rotatable bonds is 4. The standard InChI is InChI=1S/C17H16ClNO3/c1-19-10-14(22-16-5-3-2-4-15(16)19)11-21-13-8-6-12(7-9-13)17(18)20/h2-9,14H,10-11H2,1H3. The van der Waals surface area contributed by atoms with Crippen LogP contribution in [0.15, 0.2) is 48.5 Å². The van der Waals surface area contributed by atoms with E-state index in [1.807, 2.05) is 31.3 Å². The predicted molar refractivity (Wildman–Crippen MR) is 86.2 cm³/mol. The van der Waals surface area contributed by atoms with E-state index in [4.69, 9.17) is 21.1 Å². The molecule has 22 heavy (non-hydrogen) atoms. The summed E-state index contributed by atoms with van der Waals surface area (Å²) < 4.78 is 11.7. The molecule has 0 bridgehead atoms. The highest BCUT2D eigenvalue weighted by Crippen LogP contribution is 2.32.